The number of aromatic nitrogens is 2. The lowest BCUT2D eigenvalue weighted by Gasteiger charge is -2.17. The van der Waals surface area contributed by atoms with Crippen molar-refractivity contribution in [2.75, 3.05) is 6.54 Å². The highest BCUT2D eigenvalue weighted by Crippen LogP contribution is 2.14. The Labute approximate surface area is 80.0 Å². The van der Waals surface area contributed by atoms with E-state index in [0.717, 1.165) is 18.8 Å². The summed E-state index contributed by atoms with van der Waals surface area (Å²) >= 11 is 0. The van der Waals surface area contributed by atoms with Gasteiger partial charge in [0.2, 0.25) is 0 Å². The molecule has 0 aliphatic carbocycles. The lowest BCUT2D eigenvalue weighted by molar-refractivity contribution is 0.384. The Morgan fingerprint density at radius 2 is 2.15 bits per heavy atom. The quantitative estimate of drug-likeness (QED) is 0.758. The van der Waals surface area contributed by atoms with Crippen LogP contribution in [0.25, 0.3) is 0 Å². The van der Waals surface area contributed by atoms with Crippen LogP contribution in [0.2, 0.25) is 0 Å². The maximum Gasteiger partial charge on any atom is 0.108 e. The van der Waals surface area contributed by atoms with E-state index in [9.17, 15) is 0 Å². The first-order chi connectivity index (χ1) is 6.15. The van der Waals surface area contributed by atoms with E-state index in [2.05, 4.69) is 23.4 Å². The maximum atomic E-state index is 5.61. The van der Waals surface area contributed by atoms with Crippen molar-refractivity contribution in [3.8, 4) is 0 Å². The molecule has 3 nitrogen and oxygen atoms in total. The fourth-order valence-corrected chi connectivity index (χ4v) is 1.31. The standard InChI is InChI=1S/C10H19N3/c1-8(9(2)7-11)6-10-12-4-5-13(10)3/h4-5,8-9H,6-7,11H2,1-3H3. The van der Waals surface area contributed by atoms with Gasteiger partial charge in [-0.05, 0) is 18.4 Å². The summed E-state index contributed by atoms with van der Waals surface area (Å²) in [7, 11) is 2.03. The summed E-state index contributed by atoms with van der Waals surface area (Å²) in [5, 5.41) is 0. The average molecular weight is 181 g/mol. The second-order valence-corrected chi connectivity index (χ2v) is 3.85. The molecule has 1 aromatic rings. The number of nitrogens with zero attached hydrogens (tertiary/aromatic N) is 2. The summed E-state index contributed by atoms with van der Waals surface area (Å²) in [5.74, 6) is 2.32. The van der Waals surface area contributed by atoms with E-state index < -0.39 is 0 Å². The van der Waals surface area contributed by atoms with Crippen LogP contribution in [0.3, 0.4) is 0 Å². The predicted octanol–water partition coefficient (Wildman–Crippen LogP) is 1.19. The highest BCUT2D eigenvalue weighted by molar-refractivity contribution is 4.92. The van der Waals surface area contributed by atoms with Gasteiger partial charge in [-0.1, -0.05) is 13.8 Å². The molecule has 0 radical (unpaired) electrons. The van der Waals surface area contributed by atoms with Gasteiger partial charge >= 0.3 is 0 Å². The van der Waals surface area contributed by atoms with Gasteiger partial charge in [0.25, 0.3) is 0 Å². The third-order valence-corrected chi connectivity index (χ3v) is 2.77. The molecule has 2 N–H and O–H groups in total. The van der Waals surface area contributed by atoms with Gasteiger partial charge in [0.05, 0.1) is 0 Å². The molecule has 2 unspecified atom stereocenters. The molecule has 0 saturated heterocycles. The summed E-state index contributed by atoms with van der Waals surface area (Å²) in [5.41, 5.74) is 5.61. The normalized spacial score (nSPS) is 15.7. The summed E-state index contributed by atoms with van der Waals surface area (Å²) in [6.45, 7) is 5.17. The SMILES string of the molecule is CC(CN)C(C)Cc1nccn1C. The number of hydrogen-bond acceptors (Lipinski definition) is 2. The van der Waals surface area contributed by atoms with E-state index in [4.69, 9.17) is 5.73 Å². The van der Waals surface area contributed by atoms with Crippen LogP contribution in [0.4, 0.5) is 0 Å². The fourth-order valence-electron chi connectivity index (χ4n) is 1.31. The molecular formula is C10H19N3. The van der Waals surface area contributed by atoms with Crippen molar-refractivity contribution in [2.24, 2.45) is 24.6 Å². The van der Waals surface area contributed by atoms with Crippen LogP contribution in [0.1, 0.15) is 19.7 Å². The lowest BCUT2D eigenvalue weighted by Crippen LogP contribution is -2.21. The van der Waals surface area contributed by atoms with E-state index in [-0.39, 0.29) is 0 Å². The van der Waals surface area contributed by atoms with Gasteiger partial charge < -0.3 is 10.3 Å². The molecule has 1 aromatic heterocycles. The number of imidazole rings is 1. The fraction of sp³-hybridized carbons (Fsp3) is 0.700. The Kier molecular flexibility index (Phi) is 3.48. The van der Waals surface area contributed by atoms with E-state index in [1.165, 1.54) is 0 Å². The molecule has 0 aromatic carbocycles. The second kappa shape index (κ2) is 4.42. The van der Waals surface area contributed by atoms with Crippen molar-refractivity contribution in [3.05, 3.63) is 18.2 Å². The van der Waals surface area contributed by atoms with Gasteiger partial charge in [-0.15, -0.1) is 0 Å². The van der Waals surface area contributed by atoms with Gasteiger partial charge in [-0.2, -0.15) is 0 Å². The largest absolute Gasteiger partial charge is 0.338 e. The molecule has 1 rings (SSSR count). The Balaban J connectivity index is 2.54. The van der Waals surface area contributed by atoms with Crippen LogP contribution >= 0.6 is 0 Å². The Bertz CT molecular complexity index is 254. The average Bonchev–Trinajstić information content (AvgIpc) is 2.50. The van der Waals surface area contributed by atoms with Crippen molar-refractivity contribution in [2.45, 2.75) is 20.3 Å². The third-order valence-electron chi connectivity index (χ3n) is 2.77. The molecule has 0 amide bonds. The van der Waals surface area contributed by atoms with Crippen LogP contribution in [0.15, 0.2) is 12.4 Å². The van der Waals surface area contributed by atoms with E-state index >= 15 is 0 Å². The van der Waals surface area contributed by atoms with Gasteiger partial charge in [-0.3, -0.25) is 0 Å². The molecule has 0 saturated carbocycles. The van der Waals surface area contributed by atoms with Crippen molar-refractivity contribution >= 4 is 0 Å². The Morgan fingerprint density at radius 3 is 2.62 bits per heavy atom. The number of hydrogen-bond donors (Lipinski definition) is 1. The van der Waals surface area contributed by atoms with Crippen LogP contribution in [-0.4, -0.2) is 16.1 Å². The summed E-state index contributed by atoms with van der Waals surface area (Å²) in [4.78, 5) is 4.29. The van der Waals surface area contributed by atoms with Crippen molar-refractivity contribution in [1.82, 2.24) is 9.55 Å². The minimum absolute atomic E-state index is 0.566. The molecule has 0 bridgehead atoms. The first-order valence-electron chi connectivity index (χ1n) is 4.81. The van der Waals surface area contributed by atoms with Crippen LogP contribution in [0.5, 0.6) is 0 Å². The molecular weight excluding hydrogens is 162 g/mol. The molecule has 3 heteroatoms. The zero-order chi connectivity index (χ0) is 9.84. The van der Waals surface area contributed by atoms with Crippen LogP contribution in [-0.2, 0) is 13.5 Å². The Morgan fingerprint density at radius 1 is 1.46 bits per heavy atom. The van der Waals surface area contributed by atoms with E-state index in [0.29, 0.717) is 11.8 Å². The van der Waals surface area contributed by atoms with Gasteiger partial charge in [0.15, 0.2) is 0 Å². The van der Waals surface area contributed by atoms with E-state index in [1.807, 2.05) is 19.4 Å². The zero-order valence-electron chi connectivity index (χ0n) is 8.70. The zero-order valence-corrected chi connectivity index (χ0v) is 8.70. The second-order valence-electron chi connectivity index (χ2n) is 3.85. The van der Waals surface area contributed by atoms with Crippen molar-refractivity contribution < 1.29 is 0 Å². The summed E-state index contributed by atoms with van der Waals surface area (Å²) in [6.07, 6.45) is 4.84. The van der Waals surface area contributed by atoms with Gasteiger partial charge in [0.1, 0.15) is 5.82 Å². The number of aryl methyl sites for hydroxylation is 1. The molecule has 0 fully saturated rings. The van der Waals surface area contributed by atoms with Gasteiger partial charge in [0, 0.05) is 25.9 Å². The van der Waals surface area contributed by atoms with Crippen molar-refractivity contribution in [1.29, 1.82) is 0 Å². The number of nitrogens with two attached hydrogens (primary N) is 1. The smallest absolute Gasteiger partial charge is 0.108 e. The molecule has 0 aliphatic rings. The van der Waals surface area contributed by atoms with E-state index in [1.54, 1.807) is 0 Å². The molecule has 1 heterocycles. The van der Waals surface area contributed by atoms with Crippen LogP contribution in [0, 0.1) is 11.8 Å². The van der Waals surface area contributed by atoms with Crippen molar-refractivity contribution in [3.63, 3.8) is 0 Å². The molecule has 0 aliphatic heterocycles. The molecule has 13 heavy (non-hydrogen) atoms. The maximum absolute atomic E-state index is 5.61. The molecule has 74 valence electrons. The van der Waals surface area contributed by atoms with Crippen LogP contribution < -0.4 is 5.73 Å². The summed E-state index contributed by atoms with van der Waals surface area (Å²) < 4.78 is 2.07. The topological polar surface area (TPSA) is 43.8 Å². The first kappa shape index (κ1) is 10.3. The minimum Gasteiger partial charge on any atom is -0.338 e. The lowest BCUT2D eigenvalue weighted by atomic mass is 9.93. The molecule has 0 spiro atoms. The number of rotatable bonds is 4. The monoisotopic (exact) mass is 181 g/mol. The highest BCUT2D eigenvalue weighted by Gasteiger charge is 2.12. The highest BCUT2D eigenvalue weighted by atomic mass is 15.0. The minimum atomic E-state index is 0.566. The Hall–Kier alpha value is -0.830. The van der Waals surface area contributed by atoms with Gasteiger partial charge in [-0.25, -0.2) is 4.98 Å². The predicted molar refractivity (Wildman–Crippen MR) is 54.3 cm³/mol. The summed E-state index contributed by atoms with van der Waals surface area (Å²) in [6, 6.07) is 0. The third kappa shape index (κ3) is 2.56. The first-order valence-corrected chi connectivity index (χ1v) is 4.81. The molecule has 2 atom stereocenters.